The molecule has 0 aromatic heterocycles. The van der Waals surface area contributed by atoms with Gasteiger partial charge >= 0.3 is 18.0 Å². The first-order chi connectivity index (χ1) is 18.1. The van der Waals surface area contributed by atoms with Gasteiger partial charge in [0.05, 0.1) is 6.61 Å². The lowest BCUT2D eigenvalue weighted by molar-refractivity contribution is -0.162. The molecule has 0 aromatic carbocycles. The molecule has 224 valence electrons. The molecule has 0 rings (SSSR count). The van der Waals surface area contributed by atoms with Crippen molar-refractivity contribution in [3.63, 3.8) is 0 Å². The third-order valence-electron chi connectivity index (χ3n) is 6.12. The zero-order valence-corrected chi connectivity index (χ0v) is 24.9. The lowest BCUT2D eigenvalue weighted by atomic mass is 9.87. The van der Waals surface area contributed by atoms with Crippen LogP contribution in [-0.4, -0.2) is 102 Å². The van der Waals surface area contributed by atoms with Crippen LogP contribution in [0.15, 0.2) is 12.2 Å². The number of hydrogen-bond donors (Lipinski definition) is 2. The number of likely N-dealkylation sites (N-methyl/N-ethyl adjacent to an activating group) is 2. The predicted octanol–water partition coefficient (Wildman–Crippen LogP) is 1.89. The maximum Gasteiger partial charge on any atom is 0.410 e. The number of allylic oxidation sites excluding steroid dienone is 2. The van der Waals surface area contributed by atoms with Crippen LogP contribution >= 0.6 is 0 Å². The van der Waals surface area contributed by atoms with E-state index in [-0.39, 0.29) is 23.7 Å². The minimum absolute atomic E-state index is 0.00298. The van der Waals surface area contributed by atoms with Gasteiger partial charge in [-0.2, -0.15) is 0 Å². The minimum atomic E-state index is -1.42. The number of amides is 2. The van der Waals surface area contributed by atoms with Crippen molar-refractivity contribution in [3.05, 3.63) is 12.2 Å². The molecule has 0 aromatic rings. The summed E-state index contributed by atoms with van der Waals surface area (Å²) in [6.45, 7) is 12.4. The minimum Gasteiger partial charge on any atom is -0.459 e. The summed E-state index contributed by atoms with van der Waals surface area (Å²) in [5.74, 6) is -2.76. The molecule has 2 N–H and O–H groups in total. The van der Waals surface area contributed by atoms with E-state index in [0.717, 1.165) is 11.8 Å². The van der Waals surface area contributed by atoms with Crippen molar-refractivity contribution in [1.82, 2.24) is 15.1 Å². The van der Waals surface area contributed by atoms with E-state index in [4.69, 9.17) is 9.47 Å². The Hall–Kier alpha value is -2.99. The van der Waals surface area contributed by atoms with Gasteiger partial charge in [0, 0.05) is 32.9 Å². The van der Waals surface area contributed by atoms with E-state index >= 15 is 0 Å². The molecule has 0 saturated carbocycles. The van der Waals surface area contributed by atoms with Gasteiger partial charge in [0.25, 0.3) is 0 Å². The number of ether oxygens (including phenoxy) is 3. The van der Waals surface area contributed by atoms with Crippen molar-refractivity contribution in [2.75, 3.05) is 27.2 Å². The highest BCUT2D eigenvalue weighted by molar-refractivity contribution is 5.89. The number of aliphatic hydroxyl groups is 1. The van der Waals surface area contributed by atoms with E-state index in [1.165, 1.54) is 14.0 Å². The molecular formula is C27H47N3O9. The summed E-state index contributed by atoms with van der Waals surface area (Å²) >= 11 is 0. The summed E-state index contributed by atoms with van der Waals surface area (Å²) in [5.41, 5.74) is 0. The molecule has 0 radical (unpaired) electrons. The lowest BCUT2D eigenvalue weighted by Gasteiger charge is -2.39. The van der Waals surface area contributed by atoms with Gasteiger partial charge in [-0.25, -0.2) is 4.79 Å². The standard InChI is InChI=1S/C27H47N3O9/c1-11-12-13-18(6)25(23(24(34)16(2)3)30(10)17(4)5)39-22(33)14-29(9)26(35)21(15-31)28-27(36)38-20(8)37-19(7)32/h11-12,16-18,20-21,23,25,31H,13-15H2,1-10H3,(H,28,36)/b12-11+/t18-,20?,21?,23-,25-/m1/s1. The summed E-state index contributed by atoms with van der Waals surface area (Å²) in [4.78, 5) is 65.0. The average Bonchev–Trinajstić information content (AvgIpc) is 2.83. The Morgan fingerprint density at radius 2 is 1.54 bits per heavy atom. The molecule has 39 heavy (non-hydrogen) atoms. The average molecular weight is 558 g/mol. The SMILES string of the molecule is C/C=C/C[C@@H](C)[C@@H](OC(=O)CN(C)C(=O)C(CO)NC(=O)OC(C)OC(C)=O)[C@@H](C(=O)C(C)C)N(C)C(C)C. The van der Waals surface area contributed by atoms with Crippen molar-refractivity contribution in [2.24, 2.45) is 11.8 Å². The monoisotopic (exact) mass is 557 g/mol. The number of rotatable bonds is 16. The molecule has 0 aliphatic heterocycles. The second kappa shape index (κ2) is 17.6. The Morgan fingerprint density at radius 1 is 0.949 bits per heavy atom. The fraction of sp³-hybridized carbons (Fsp3) is 0.741. The van der Waals surface area contributed by atoms with E-state index in [9.17, 15) is 29.1 Å². The fourth-order valence-electron chi connectivity index (χ4n) is 3.73. The first-order valence-corrected chi connectivity index (χ1v) is 13.1. The van der Waals surface area contributed by atoms with Gasteiger partial charge < -0.3 is 29.5 Å². The number of Topliss-reactive ketones (excluding diaryl/α,β-unsaturated/α-hetero) is 1. The van der Waals surface area contributed by atoms with Crippen LogP contribution in [0.25, 0.3) is 0 Å². The molecule has 0 aliphatic rings. The van der Waals surface area contributed by atoms with Crippen LogP contribution in [0.3, 0.4) is 0 Å². The Balaban J connectivity index is 5.67. The van der Waals surface area contributed by atoms with Crippen molar-refractivity contribution < 1.29 is 43.3 Å². The van der Waals surface area contributed by atoms with E-state index in [1.54, 1.807) is 13.8 Å². The summed E-state index contributed by atoms with van der Waals surface area (Å²) < 4.78 is 15.4. The summed E-state index contributed by atoms with van der Waals surface area (Å²) in [7, 11) is 3.13. The summed E-state index contributed by atoms with van der Waals surface area (Å²) in [5, 5.41) is 11.8. The first-order valence-electron chi connectivity index (χ1n) is 13.1. The molecule has 12 heteroatoms. The number of aliphatic hydroxyl groups excluding tert-OH is 1. The number of nitrogens with one attached hydrogen (secondary N) is 1. The Kier molecular flexibility index (Phi) is 16.2. The second-order valence-electron chi connectivity index (χ2n) is 10.2. The smallest absolute Gasteiger partial charge is 0.410 e. The highest BCUT2D eigenvalue weighted by Crippen LogP contribution is 2.24. The van der Waals surface area contributed by atoms with Gasteiger partial charge in [0.1, 0.15) is 24.7 Å². The molecule has 0 aliphatic carbocycles. The normalized spacial score (nSPS) is 15.4. The largest absolute Gasteiger partial charge is 0.459 e. The van der Waals surface area contributed by atoms with Crippen LogP contribution in [0, 0.1) is 11.8 Å². The topological polar surface area (TPSA) is 152 Å². The lowest BCUT2D eigenvalue weighted by Crippen LogP contribution is -2.55. The first kappa shape index (κ1) is 36.0. The van der Waals surface area contributed by atoms with Gasteiger partial charge in [-0.05, 0) is 40.2 Å². The van der Waals surface area contributed by atoms with Crippen LogP contribution in [0.4, 0.5) is 4.79 Å². The van der Waals surface area contributed by atoms with E-state index in [1.807, 2.05) is 51.8 Å². The van der Waals surface area contributed by atoms with Crippen molar-refractivity contribution in [2.45, 2.75) is 92.3 Å². The number of hydrogen-bond acceptors (Lipinski definition) is 10. The molecule has 2 unspecified atom stereocenters. The zero-order valence-electron chi connectivity index (χ0n) is 24.9. The summed E-state index contributed by atoms with van der Waals surface area (Å²) in [6, 6.07) is -2.13. The molecule has 5 atom stereocenters. The quantitative estimate of drug-likeness (QED) is 0.163. The second-order valence-corrected chi connectivity index (χ2v) is 10.2. The van der Waals surface area contributed by atoms with E-state index in [2.05, 4.69) is 10.1 Å². The van der Waals surface area contributed by atoms with Gasteiger partial charge in [0.2, 0.25) is 12.2 Å². The molecule has 0 bridgehead atoms. The number of ketones is 1. The molecule has 0 heterocycles. The van der Waals surface area contributed by atoms with Crippen molar-refractivity contribution in [1.29, 1.82) is 0 Å². The predicted molar refractivity (Wildman–Crippen MR) is 144 cm³/mol. The fourth-order valence-corrected chi connectivity index (χ4v) is 3.73. The highest BCUT2D eigenvalue weighted by atomic mass is 16.7. The van der Waals surface area contributed by atoms with Gasteiger partial charge in [0.15, 0.2) is 5.78 Å². The zero-order chi connectivity index (χ0) is 30.4. The number of carbonyl (C=O) groups is 5. The molecule has 0 saturated heterocycles. The van der Waals surface area contributed by atoms with Crippen molar-refractivity contribution >= 4 is 29.7 Å². The maximum atomic E-state index is 13.3. The van der Waals surface area contributed by atoms with Crippen LogP contribution < -0.4 is 5.32 Å². The van der Waals surface area contributed by atoms with Crippen LogP contribution in [0.5, 0.6) is 0 Å². The molecule has 0 spiro atoms. The highest BCUT2D eigenvalue weighted by Gasteiger charge is 2.40. The number of alkyl carbamates (subject to hydrolysis) is 1. The van der Waals surface area contributed by atoms with Crippen molar-refractivity contribution in [3.8, 4) is 0 Å². The molecule has 2 amide bonds. The number of nitrogens with zero attached hydrogens (tertiary/aromatic N) is 2. The molecule has 12 nitrogen and oxygen atoms in total. The Morgan fingerprint density at radius 3 is 2.00 bits per heavy atom. The Labute approximate surface area is 232 Å². The number of carbonyl (C=O) groups excluding carboxylic acids is 5. The van der Waals surface area contributed by atoms with E-state index in [0.29, 0.717) is 6.42 Å². The van der Waals surface area contributed by atoms with Gasteiger partial charge in [-0.1, -0.05) is 32.9 Å². The number of esters is 2. The molecular weight excluding hydrogens is 510 g/mol. The Bertz CT molecular complexity index is 859. The maximum absolute atomic E-state index is 13.3. The van der Waals surface area contributed by atoms with Crippen LogP contribution in [0.2, 0.25) is 0 Å². The van der Waals surface area contributed by atoms with Gasteiger partial charge in [-0.3, -0.25) is 24.1 Å². The van der Waals surface area contributed by atoms with Crippen LogP contribution in [-0.2, 0) is 33.4 Å². The van der Waals surface area contributed by atoms with Gasteiger partial charge in [-0.15, -0.1) is 0 Å². The third-order valence-corrected chi connectivity index (χ3v) is 6.12. The van der Waals surface area contributed by atoms with E-state index < -0.39 is 61.6 Å². The third kappa shape index (κ3) is 12.6. The summed E-state index contributed by atoms with van der Waals surface area (Å²) in [6.07, 6.45) is 1.29. The molecule has 0 fully saturated rings. The van der Waals surface area contributed by atoms with Crippen LogP contribution in [0.1, 0.15) is 61.8 Å².